The summed E-state index contributed by atoms with van der Waals surface area (Å²) in [4.78, 5) is 32.3. The molecule has 3 rings (SSSR count). The van der Waals surface area contributed by atoms with Crippen molar-refractivity contribution in [1.82, 2.24) is 25.0 Å². The quantitative estimate of drug-likeness (QED) is 0.678. The Bertz CT molecular complexity index is 897. The van der Waals surface area contributed by atoms with Gasteiger partial charge < -0.3 is 14.3 Å². The lowest BCUT2D eigenvalue weighted by molar-refractivity contribution is -0.121. The molecule has 0 unspecified atom stereocenters. The minimum absolute atomic E-state index is 0.118. The SMILES string of the molecule is Cc1noc(-c2cncn(CCC(=O)NCCc3ccco3)c2=O)n1. The molecule has 3 heterocycles. The third-order valence-electron chi connectivity index (χ3n) is 3.51. The molecule has 0 aliphatic carbocycles. The van der Waals surface area contributed by atoms with Gasteiger partial charge in [0.25, 0.3) is 11.4 Å². The van der Waals surface area contributed by atoms with Gasteiger partial charge in [-0.1, -0.05) is 5.16 Å². The first-order valence-electron chi connectivity index (χ1n) is 7.77. The van der Waals surface area contributed by atoms with Crippen LogP contribution in [0.15, 0.2) is 44.7 Å². The van der Waals surface area contributed by atoms with Gasteiger partial charge in [-0.25, -0.2) is 4.98 Å². The second kappa shape index (κ2) is 7.56. The lowest BCUT2D eigenvalue weighted by Crippen LogP contribution is -2.29. The number of rotatable bonds is 7. The topological polar surface area (TPSA) is 116 Å². The van der Waals surface area contributed by atoms with Crippen LogP contribution in [0.4, 0.5) is 0 Å². The molecule has 25 heavy (non-hydrogen) atoms. The zero-order valence-corrected chi connectivity index (χ0v) is 13.6. The largest absolute Gasteiger partial charge is 0.469 e. The molecule has 0 aromatic carbocycles. The van der Waals surface area contributed by atoms with E-state index in [-0.39, 0.29) is 35.9 Å². The van der Waals surface area contributed by atoms with E-state index in [9.17, 15) is 9.59 Å². The maximum absolute atomic E-state index is 12.4. The Kier molecular flexibility index (Phi) is 5.03. The van der Waals surface area contributed by atoms with Crippen LogP contribution in [0.2, 0.25) is 0 Å². The van der Waals surface area contributed by atoms with Crippen LogP contribution in [-0.2, 0) is 17.8 Å². The highest BCUT2D eigenvalue weighted by Crippen LogP contribution is 2.10. The van der Waals surface area contributed by atoms with Crippen molar-refractivity contribution in [3.8, 4) is 11.5 Å². The Hall–Kier alpha value is -3.23. The average Bonchev–Trinajstić information content (AvgIpc) is 3.26. The van der Waals surface area contributed by atoms with E-state index in [0.29, 0.717) is 18.8 Å². The molecular formula is C16H17N5O4. The van der Waals surface area contributed by atoms with Gasteiger partial charge in [-0.05, 0) is 19.1 Å². The highest BCUT2D eigenvalue weighted by molar-refractivity contribution is 5.75. The van der Waals surface area contributed by atoms with E-state index in [4.69, 9.17) is 8.94 Å². The molecular weight excluding hydrogens is 326 g/mol. The number of hydrogen-bond donors (Lipinski definition) is 1. The molecule has 0 saturated carbocycles. The number of nitrogens with zero attached hydrogens (tertiary/aromatic N) is 4. The number of carbonyl (C=O) groups is 1. The fourth-order valence-corrected chi connectivity index (χ4v) is 2.25. The molecule has 0 spiro atoms. The van der Waals surface area contributed by atoms with Crippen molar-refractivity contribution < 1.29 is 13.7 Å². The van der Waals surface area contributed by atoms with E-state index in [1.807, 2.05) is 6.07 Å². The number of hydrogen-bond acceptors (Lipinski definition) is 7. The van der Waals surface area contributed by atoms with E-state index in [0.717, 1.165) is 5.76 Å². The van der Waals surface area contributed by atoms with Crippen molar-refractivity contribution in [2.24, 2.45) is 0 Å². The lowest BCUT2D eigenvalue weighted by atomic mass is 10.3. The number of carbonyl (C=O) groups excluding carboxylic acids is 1. The van der Waals surface area contributed by atoms with Gasteiger partial charge in [0.05, 0.1) is 12.6 Å². The Morgan fingerprint density at radius 2 is 2.28 bits per heavy atom. The fraction of sp³-hybridized carbons (Fsp3) is 0.312. The van der Waals surface area contributed by atoms with Crippen LogP contribution in [0.25, 0.3) is 11.5 Å². The van der Waals surface area contributed by atoms with Crippen LogP contribution in [0, 0.1) is 6.92 Å². The number of aromatic nitrogens is 4. The minimum atomic E-state index is -0.331. The van der Waals surface area contributed by atoms with E-state index in [1.165, 1.54) is 17.1 Å². The number of nitrogens with one attached hydrogen (secondary N) is 1. The van der Waals surface area contributed by atoms with Crippen molar-refractivity contribution in [1.29, 1.82) is 0 Å². The molecule has 0 radical (unpaired) electrons. The van der Waals surface area contributed by atoms with E-state index >= 15 is 0 Å². The third kappa shape index (κ3) is 4.19. The first-order chi connectivity index (χ1) is 12.1. The number of aryl methyl sites for hydroxylation is 2. The zero-order chi connectivity index (χ0) is 17.6. The zero-order valence-electron chi connectivity index (χ0n) is 13.6. The van der Waals surface area contributed by atoms with Gasteiger partial charge in [-0.15, -0.1) is 0 Å². The summed E-state index contributed by atoms with van der Waals surface area (Å²) in [7, 11) is 0. The third-order valence-corrected chi connectivity index (χ3v) is 3.51. The second-order valence-electron chi connectivity index (χ2n) is 5.38. The summed E-state index contributed by atoms with van der Waals surface area (Å²) in [6.07, 6.45) is 5.12. The first-order valence-corrected chi connectivity index (χ1v) is 7.77. The lowest BCUT2D eigenvalue weighted by Gasteiger charge is -2.07. The van der Waals surface area contributed by atoms with Crippen molar-refractivity contribution >= 4 is 5.91 Å². The van der Waals surface area contributed by atoms with Gasteiger partial charge in [-0.2, -0.15) is 4.98 Å². The van der Waals surface area contributed by atoms with Crippen LogP contribution in [0.1, 0.15) is 18.0 Å². The highest BCUT2D eigenvalue weighted by Gasteiger charge is 2.13. The molecule has 0 bridgehead atoms. The van der Waals surface area contributed by atoms with Crippen LogP contribution < -0.4 is 10.9 Å². The van der Waals surface area contributed by atoms with Crippen LogP contribution >= 0.6 is 0 Å². The van der Waals surface area contributed by atoms with Gasteiger partial charge in [0.1, 0.15) is 11.3 Å². The smallest absolute Gasteiger partial charge is 0.266 e. The second-order valence-corrected chi connectivity index (χ2v) is 5.38. The summed E-state index contributed by atoms with van der Waals surface area (Å²) in [5.74, 6) is 1.20. The Morgan fingerprint density at radius 1 is 1.40 bits per heavy atom. The van der Waals surface area contributed by atoms with Crippen LogP contribution in [0.3, 0.4) is 0 Å². The van der Waals surface area contributed by atoms with Gasteiger partial charge >= 0.3 is 0 Å². The molecule has 3 aromatic heterocycles. The highest BCUT2D eigenvalue weighted by atomic mass is 16.5. The Morgan fingerprint density at radius 3 is 3.00 bits per heavy atom. The summed E-state index contributed by atoms with van der Waals surface area (Å²) in [5.41, 5.74) is -0.122. The summed E-state index contributed by atoms with van der Waals surface area (Å²) in [5, 5.41) is 6.44. The molecule has 9 nitrogen and oxygen atoms in total. The maximum atomic E-state index is 12.4. The molecule has 0 atom stereocenters. The molecule has 0 aliphatic rings. The van der Waals surface area contributed by atoms with E-state index < -0.39 is 0 Å². The molecule has 1 amide bonds. The summed E-state index contributed by atoms with van der Waals surface area (Å²) < 4.78 is 11.5. The fourth-order valence-electron chi connectivity index (χ4n) is 2.25. The van der Waals surface area contributed by atoms with Crippen molar-refractivity contribution in [2.75, 3.05) is 6.54 Å². The van der Waals surface area contributed by atoms with Gasteiger partial charge in [0.15, 0.2) is 5.82 Å². The van der Waals surface area contributed by atoms with Crippen molar-refractivity contribution in [3.63, 3.8) is 0 Å². The maximum Gasteiger partial charge on any atom is 0.266 e. The molecule has 1 N–H and O–H groups in total. The van der Waals surface area contributed by atoms with E-state index in [2.05, 4.69) is 20.4 Å². The standard InChI is InChI=1S/C16H17N5O4/c1-11-19-15(25-20-11)13-9-17-10-21(16(13)23)7-5-14(22)18-6-4-12-3-2-8-24-12/h2-3,8-10H,4-7H2,1H3,(H,18,22). The predicted octanol–water partition coefficient (Wildman–Crippen LogP) is 0.944. The van der Waals surface area contributed by atoms with Crippen LogP contribution in [-0.4, -0.2) is 32.1 Å². The summed E-state index contributed by atoms with van der Waals surface area (Å²) in [6.45, 7) is 2.34. The Labute approximate surface area is 142 Å². The van der Waals surface area contributed by atoms with Crippen LogP contribution in [0.5, 0.6) is 0 Å². The van der Waals surface area contributed by atoms with Crippen molar-refractivity contribution in [3.05, 3.63) is 52.9 Å². The summed E-state index contributed by atoms with van der Waals surface area (Å²) in [6, 6.07) is 3.65. The average molecular weight is 343 g/mol. The molecule has 0 aliphatic heterocycles. The molecule has 9 heteroatoms. The minimum Gasteiger partial charge on any atom is -0.469 e. The first kappa shape index (κ1) is 16.6. The molecule has 130 valence electrons. The number of amides is 1. The summed E-state index contributed by atoms with van der Waals surface area (Å²) >= 11 is 0. The number of furan rings is 1. The normalized spacial score (nSPS) is 10.8. The molecule has 3 aromatic rings. The van der Waals surface area contributed by atoms with Gasteiger partial charge in [0.2, 0.25) is 5.91 Å². The molecule has 0 saturated heterocycles. The van der Waals surface area contributed by atoms with Gasteiger partial charge in [-0.3, -0.25) is 14.2 Å². The van der Waals surface area contributed by atoms with Crippen molar-refractivity contribution in [2.45, 2.75) is 26.3 Å². The predicted molar refractivity (Wildman–Crippen MR) is 86.6 cm³/mol. The van der Waals surface area contributed by atoms with Gasteiger partial charge in [0, 0.05) is 32.1 Å². The molecule has 0 fully saturated rings. The Balaban J connectivity index is 1.56. The monoisotopic (exact) mass is 343 g/mol. The van der Waals surface area contributed by atoms with E-state index in [1.54, 1.807) is 19.3 Å².